The van der Waals surface area contributed by atoms with E-state index in [1.54, 1.807) is 18.5 Å². The van der Waals surface area contributed by atoms with E-state index in [9.17, 15) is 5.11 Å². The zero-order valence-corrected chi connectivity index (χ0v) is 17.7. The highest BCUT2D eigenvalue weighted by molar-refractivity contribution is 5.86. The topological polar surface area (TPSA) is 86.7 Å². The number of hydrogen-bond donors (Lipinski definition) is 3. The monoisotopic (exact) mass is 421 g/mol. The normalized spacial score (nSPS) is 11.0. The number of rotatable bonds is 6. The number of benzene rings is 1. The maximum absolute atomic E-state index is 9.90. The lowest BCUT2D eigenvalue weighted by Crippen LogP contribution is -2.06. The lowest BCUT2D eigenvalue weighted by atomic mass is 10.1. The third-order valence-electron chi connectivity index (χ3n) is 5.52. The number of aromatic amines is 1. The summed E-state index contributed by atoms with van der Waals surface area (Å²) in [5.41, 5.74) is 7.76. The van der Waals surface area contributed by atoms with Gasteiger partial charge in [-0.15, -0.1) is 0 Å². The van der Waals surface area contributed by atoms with Crippen molar-refractivity contribution in [1.29, 1.82) is 0 Å². The summed E-state index contributed by atoms with van der Waals surface area (Å²) < 4.78 is 0. The number of fused-ring (bicyclic) bond motifs is 1. The molecular weight excluding hydrogens is 398 g/mol. The molecule has 32 heavy (non-hydrogen) atoms. The Morgan fingerprint density at radius 3 is 2.66 bits per heavy atom. The van der Waals surface area contributed by atoms with Crippen LogP contribution >= 0.6 is 0 Å². The van der Waals surface area contributed by atoms with Crippen LogP contribution in [0.4, 0.5) is 5.69 Å². The minimum absolute atomic E-state index is 0.279. The smallest absolute Gasteiger partial charge is 0.116 e. The zero-order chi connectivity index (χ0) is 21.9. The second kappa shape index (κ2) is 8.51. The number of phenolic OH excluding ortho intramolecular Hbond substituents is 1. The van der Waals surface area contributed by atoms with Crippen LogP contribution in [0.5, 0.6) is 5.75 Å². The van der Waals surface area contributed by atoms with Crippen LogP contribution in [0, 0.1) is 6.92 Å². The van der Waals surface area contributed by atoms with Crippen molar-refractivity contribution >= 4 is 16.6 Å². The maximum Gasteiger partial charge on any atom is 0.116 e. The Bertz CT molecular complexity index is 1310. The van der Waals surface area contributed by atoms with Crippen molar-refractivity contribution in [3.63, 3.8) is 0 Å². The molecule has 0 saturated heterocycles. The molecule has 3 N–H and O–H groups in total. The van der Waals surface area contributed by atoms with E-state index in [0.29, 0.717) is 0 Å². The van der Waals surface area contributed by atoms with Gasteiger partial charge >= 0.3 is 0 Å². The van der Waals surface area contributed by atoms with Gasteiger partial charge in [-0.1, -0.05) is 6.07 Å². The van der Waals surface area contributed by atoms with E-state index in [2.05, 4.69) is 27.2 Å². The van der Waals surface area contributed by atoms with E-state index in [-0.39, 0.29) is 5.75 Å². The van der Waals surface area contributed by atoms with E-state index < -0.39 is 0 Å². The van der Waals surface area contributed by atoms with Gasteiger partial charge in [0.2, 0.25) is 0 Å². The molecule has 0 atom stereocenters. The molecule has 4 heterocycles. The van der Waals surface area contributed by atoms with Crippen molar-refractivity contribution in [3.8, 4) is 28.4 Å². The Morgan fingerprint density at radius 2 is 1.84 bits per heavy atom. The summed E-state index contributed by atoms with van der Waals surface area (Å²) in [6.07, 6.45) is 6.16. The first-order chi connectivity index (χ1) is 15.7. The Morgan fingerprint density at radius 1 is 0.938 bits per heavy atom. The van der Waals surface area contributed by atoms with Gasteiger partial charge in [0.25, 0.3) is 0 Å². The van der Waals surface area contributed by atoms with E-state index in [0.717, 1.165) is 57.9 Å². The second-order valence-electron chi connectivity index (χ2n) is 7.72. The van der Waals surface area contributed by atoms with Gasteiger partial charge in [0.05, 0.1) is 17.1 Å². The molecule has 0 aliphatic heterocycles. The highest BCUT2D eigenvalue weighted by atomic mass is 16.3. The summed E-state index contributed by atoms with van der Waals surface area (Å²) in [6, 6.07) is 19.2. The molecule has 0 unspecified atom stereocenters. The molecule has 0 amide bonds. The number of aromatic nitrogens is 4. The molecule has 0 bridgehead atoms. The molecule has 0 radical (unpaired) electrons. The number of hydrogen-bond acceptors (Lipinski definition) is 5. The summed E-state index contributed by atoms with van der Waals surface area (Å²) in [4.78, 5) is 16.9. The van der Waals surface area contributed by atoms with Gasteiger partial charge in [-0.3, -0.25) is 9.97 Å². The van der Waals surface area contributed by atoms with E-state index >= 15 is 0 Å². The fourth-order valence-electron chi connectivity index (χ4n) is 3.96. The molecule has 0 aliphatic rings. The van der Waals surface area contributed by atoms with Gasteiger partial charge < -0.3 is 15.4 Å². The average Bonchev–Trinajstić information content (AvgIpc) is 3.14. The zero-order valence-electron chi connectivity index (χ0n) is 17.7. The highest BCUT2D eigenvalue weighted by Gasteiger charge is 2.11. The van der Waals surface area contributed by atoms with Crippen LogP contribution < -0.4 is 5.32 Å². The van der Waals surface area contributed by atoms with Crippen molar-refractivity contribution in [2.45, 2.75) is 13.3 Å². The molecule has 6 heteroatoms. The first-order valence-electron chi connectivity index (χ1n) is 10.6. The fourth-order valence-corrected chi connectivity index (χ4v) is 3.96. The van der Waals surface area contributed by atoms with Crippen molar-refractivity contribution < 1.29 is 5.11 Å². The second-order valence-corrected chi connectivity index (χ2v) is 7.72. The lowest BCUT2D eigenvalue weighted by Gasteiger charge is -2.11. The minimum Gasteiger partial charge on any atom is -0.508 e. The number of aromatic hydroxyl groups is 1. The summed E-state index contributed by atoms with van der Waals surface area (Å²) in [5.74, 6) is 0.279. The number of anilines is 1. The SMILES string of the molecule is Cc1[nH]c2ccc(O)cc2c1CCNc1cc(-c2cccnc2)nc(-c2ccccn2)c1. The molecule has 0 saturated carbocycles. The number of aryl methyl sites for hydroxylation is 1. The molecule has 6 nitrogen and oxygen atoms in total. The number of nitrogens with zero attached hydrogens (tertiary/aromatic N) is 3. The number of nitrogens with one attached hydrogen (secondary N) is 2. The molecule has 0 fully saturated rings. The van der Waals surface area contributed by atoms with Crippen LogP contribution in [0.2, 0.25) is 0 Å². The quantitative estimate of drug-likeness (QED) is 0.344. The number of phenols is 1. The molecule has 0 spiro atoms. The van der Waals surface area contributed by atoms with Crippen LogP contribution in [0.25, 0.3) is 33.5 Å². The predicted octanol–water partition coefficient (Wildman–Crippen LogP) is 5.36. The van der Waals surface area contributed by atoms with Crippen LogP contribution in [-0.4, -0.2) is 31.6 Å². The minimum atomic E-state index is 0.279. The number of pyridine rings is 3. The van der Waals surface area contributed by atoms with Crippen molar-refractivity contribution in [2.75, 3.05) is 11.9 Å². The summed E-state index contributed by atoms with van der Waals surface area (Å²) in [7, 11) is 0. The molecule has 5 rings (SSSR count). The first kappa shape index (κ1) is 19.8. The Balaban J connectivity index is 1.43. The van der Waals surface area contributed by atoms with Crippen LogP contribution in [0.1, 0.15) is 11.3 Å². The highest BCUT2D eigenvalue weighted by Crippen LogP contribution is 2.28. The van der Waals surface area contributed by atoms with Gasteiger partial charge in [0.1, 0.15) is 5.75 Å². The van der Waals surface area contributed by atoms with Crippen LogP contribution in [0.3, 0.4) is 0 Å². The number of H-pyrrole nitrogens is 1. The largest absolute Gasteiger partial charge is 0.508 e. The average molecular weight is 422 g/mol. The van der Waals surface area contributed by atoms with Crippen molar-refractivity contribution in [3.05, 3.63) is 90.5 Å². The standard InChI is InChI=1S/C26H23N5O/c1-17-21(22-15-20(32)7-8-23(22)30-17)9-12-28-19-13-25(18-5-4-10-27-16-18)31-26(14-19)24-6-2-3-11-29-24/h2-8,10-11,13-16,30,32H,9,12H2,1H3,(H,28,31). The van der Waals surface area contributed by atoms with Gasteiger partial charge in [-0.05, 0) is 73.5 Å². The van der Waals surface area contributed by atoms with E-state index in [4.69, 9.17) is 4.98 Å². The van der Waals surface area contributed by atoms with Gasteiger partial charge in [0.15, 0.2) is 0 Å². The third-order valence-corrected chi connectivity index (χ3v) is 5.52. The first-order valence-corrected chi connectivity index (χ1v) is 10.6. The van der Waals surface area contributed by atoms with Crippen molar-refractivity contribution in [2.24, 2.45) is 0 Å². The summed E-state index contributed by atoms with van der Waals surface area (Å²) in [6.45, 7) is 2.81. The van der Waals surface area contributed by atoms with Gasteiger partial charge in [0, 0.05) is 53.0 Å². The van der Waals surface area contributed by atoms with Gasteiger partial charge in [-0.25, -0.2) is 4.98 Å². The lowest BCUT2D eigenvalue weighted by molar-refractivity contribution is 0.476. The molecule has 158 valence electrons. The Hall–Kier alpha value is -4.19. The van der Waals surface area contributed by atoms with Gasteiger partial charge in [-0.2, -0.15) is 0 Å². The molecular formula is C26H23N5O. The Labute approximate surface area is 186 Å². The van der Waals surface area contributed by atoms with E-state index in [1.807, 2.05) is 60.8 Å². The van der Waals surface area contributed by atoms with Crippen molar-refractivity contribution in [1.82, 2.24) is 19.9 Å². The van der Waals surface area contributed by atoms with Crippen LogP contribution in [0.15, 0.2) is 79.3 Å². The molecule has 4 aromatic heterocycles. The predicted molar refractivity (Wildman–Crippen MR) is 128 cm³/mol. The summed E-state index contributed by atoms with van der Waals surface area (Å²) >= 11 is 0. The Kier molecular flexibility index (Phi) is 5.25. The molecule has 0 aliphatic carbocycles. The van der Waals surface area contributed by atoms with Crippen LogP contribution in [-0.2, 0) is 6.42 Å². The fraction of sp³-hybridized carbons (Fsp3) is 0.115. The van der Waals surface area contributed by atoms with E-state index in [1.165, 1.54) is 5.56 Å². The third kappa shape index (κ3) is 4.03. The molecule has 1 aromatic carbocycles. The summed E-state index contributed by atoms with van der Waals surface area (Å²) in [5, 5.41) is 14.5. The molecule has 5 aromatic rings. The maximum atomic E-state index is 9.90.